The van der Waals surface area contributed by atoms with Crippen molar-refractivity contribution >= 4 is 39.5 Å². The Morgan fingerprint density at radius 1 is 1.02 bits per heavy atom. The number of ether oxygens (including phenoxy) is 1. The number of aromatic nitrogens is 4. The van der Waals surface area contributed by atoms with Crippen LogP contribution in [0.5, 0.6) is 0 Å². The summed E-state index contributed by atoms with van der Waals surface area (Å²) in [4.78, 5) is 22.9. The molecule has 0 bridgehead atoms. The van der Waals surface area contributed by atoms with Crippen LogP contribution < -0.4 is 10.0 Å². The zero-order chi connectivity index (χ0) is 35.1. The summed E-state index contributed by atoms with van der Waals surface area (Å²) < 4.78 is 83.7. The van der Waals surface area contributed by atoms with Gasteiger partial charge in [-0.25, -0.2) is 27.8 Å². The van der Waals surface area contributed by atoms with E-state index in [9.17, 15) is 9.00 Å². The van der Waals surface area contributed by atoms with Crippen LogP contribution in [0.15, 0.2) is 61.1 Å². The summed E-state index contributed by atoms with van der Waals surface area (Å²) >= 11 is 0. The molecule has 0 saturated carbocycles. The van der Waals surface area contributed by atoms with Gasteiger partial charge in [-0.05, 0) is 90.6 Å². The second kappa shape index (κ2) is 13.1. The minimum absolute atomic E-state index is 0.0115. The van der Waals surface area contributed by atoms with Crippen molar-refractivity contribution in [1.29, 1.82) is 0 Å². The van der Waals surface area contributed by atoms with Crippen LogP contribution in [0.3, 0.4) is 0 Å². The van der Waals surface area contributed by atoms with Gasteiger partial charge in [-0.3, -0.25) is 4.98 Å². The standard InChI is InChI=1S/C33H39F4N7O3S/c1-30(2,3)47-29(45)43-16-12-22(13-17-43)32(33(35,36)37,42-48(46)31(4,5)6)27-11-8-21-20-38-28(19-26(21)40-27)41-25-10-9-23(18-24(25)34)44-15-7-14-39-44/h7-11,14-15,18-20,22,42H,12-13,16-17H2,1-6H3,(H,38,41). The number of carbonyl (C=O) groups excluding carboxylic acids is 1. The van der Waals surface area contributed by atoms with E-state index in [1.807, 2.05) is 0 Å². The van der Waals surface area contributed by atoms with Crippen LogP contribution in [0, 0.1) is 11.7 Å². The Bertz CT molecular complexity index is 1800. The Balaban J connectivity index is 1.51. The first kappa shape index (κ1) is 35.2. The van der Waals surface area contributed by atoms with Gasteiger partial charge in [-0.2, -0.15) is 18.3 Å². The molecule has 2 unspecified atom stereocenters. The molecule has 2 N–H and O–H groups in total. The molecule has 48 heavy (non-hydrogen) atoms. The summed E-state index contributed by atoms with van der Waals surface area (Å²) in [6.45, 7) is 9.93. The number of rotatable bonds is 7. The number of halogens is 4. The van der Waals surface area contributed by atoms with E-state index in [-0.39, 0.29) is 48.6 Å². The van der Waals surface area contributed by atoms with E-state index in [0.717, 1.165) is 0 Å². The quantitative estimate of drug-likeness (QED) is 0.198. The highest BCUT2D eigenvalue weighted by molar-refractivity contribution is 7.84. The Hall–Kier alpha value is -4.11. The Kier molecular flexibility index (Phi) is 9.58. The maximum Gasteiger partial charge on any atom is 0.413 e. The van der Waals surface area contributed by atoms with Crippen molar-refractivity contribution in [3.05, 3.63) is 72.6 Å². The van der Waals surface area contributed by atoms with Crippen LogP contribution >= 0.6 is 0 Å². The lowest BCUT2D eigenvalue weighted by Crippen LogP contribution is -2.63. The third kappa shape index (κ3) is 7.46. The number of amides is 1. The molecule has 1 aromatic carbocycles. The Labute approximate surface area is 278 Å². The number of fused-ring (bicyclic) bond motifs is 1. The number of nitrogens with one attached hydrogen (secondary N) is 2. The zero-order valence-electron chi connectivity index (χ0n) is 27.6. The van der Waals surface area contributed by atoms with Crippen LogP contribution in [0.1, 0.15) is 60.1 Å². The van der Waals surface area contributed by atoms with Gasteiger partial charge >= 0.3 is 12.3 Å². The maximum absolute atomic E-state index is 15.6. The van der Waals surface area contributed by atoms with Crippen molar-refractivity contribution in [2.45, 2.75) is 76.4 Å². The Morgan fingerprint density at radius 2 is 1.73 bits per heavy atom. The molecule has 1 amide bonds. The smallest absolute Gasteiger partial charge is 0.413 e. The lowest BCUT2D eigenvalue weighted by Gasteiger charge is -2.46. The predicted molar refractivity (Wildman–Crippen MR) is 176 cm³/mol. The SMILES string of the molecule is CC(C)(C)OC(=O)N1CCC(C(NS(=O)C(C)(C)C)(c2ccc3cnc(Nc4ccc(-n5cccn5)cc4F)cc3n2)C(F)(F)F)CC1. The molecule has 4 heterocycles. The fraction of sp³-hybridized carbons (Fsp3) is 0.455. The number of carbonyl (C=O) groups is 1. The van der Waals surface area contributed by atoms with Gasteiger partial charge in [-0.15, -0.1) is 0 Å². The minimum atomic E-state index is -4.94. The zero-order valence-corrected chi connectivity index (χ0v) is 28.4. The van der Waals surface area contributed by atoms with E-state index in [4.69, 9.17) is 4.74 Å². The molecule has 15 heteroatoms. The topological polar surface area (TPSA) is 114 Å². The number of nitrogens with zero attached hydrogens (tertiary/aromatic N) is 5. The van der Waals surface area contributed by atoms with Crippen molar-refractivity contribution < 1.29 is 31.3 Å². The average molecular weight is 690 g/mol. The summed E-state index contributed by atoms with van der Waals surface area (Å²) in [6.07, 6.45) is -0.976. The second-order valence-corrected chi connectivity index (χ2v) is 15.7. The molecule has 1 aliphatic rings. The van der Waals surface area contributed by atoms with Gasteiger partial charge in [0.1, 0.15) is 17.2 Å². The average Bonchev–Trinajstić information content (AvgIpc) is 3.54. The van der Waals surface area contributed by atoms with Crippen molar-refractivity contribution in [1.82, 2.24) is 29.4 Å². The van der Waals surface area contributed by atoms with Crippen LogP contribution in [0.25, 0.3) is 16.6 Å². The number of anilines is 2. The van der Waals surface area contributed by atoms with Gasteiger partial charge in [-0.1, -0.05) is 0 Å². The van der Waals surface area contributed by atoms with E-state index in [1.54, 1.807) is 66.1 Å². The fourth-order valence-electron chi connectivity index (χ4n) is 5.51. The fourth-order valence-corrected chi connectivity index (χ4v) is 6.50. The van der Waals surface area contributed by atoms with Crippen molar-refractivity contribution in [3.8, 4) is 5.69 Å². The van der Waals surface area contributed by atoms with E-state index in [0.29, 0.717) is 11.1 Å². The molecule has 2 atom stereocenters. The van der Waals surface area contributed by atoms with E-state index >= 15 is 17.6 Å². The lowest BCUT2D eigenvalue weighted by molar-refractivity contribution is -0.216. The highest BCUT2D eigenvalue weighted by atomic mass is 32.2. The van der Waals surface area contributed by atoms with Gasteiger partial charge in [0.05, 0.1) is 38.3 Å². The summed E-state index contributed by atoms with van der Waals surface area (Å²) in [6, 6.07) is 10.3. The van der Waals surface area contributed by atoms with Gasteiger partial charge in [0.2, 0.25) is 0 Å². The molecule has 258 valence electrons. The van der Waals surface area contributed by atoms with E-state index in [2.05, 4.69) is 25.1 Å². The third-order valence-electron chi connectivity index (χ3n) is 7.98. The molecular weight excluding hydrogens is 650 g/mol. The number of alkyl halides is 3. The number of hydrogen-bond acceptors (Lipinski definition) is 7. The summed E-state index contributed by atoms with van der Waals surface area (Å²) in [7, 11) is -2.15. The molecule has 3 aromatic heterocycles. The van der Waals surface area contributed by atoms with Gasteiger partial charge in [0, 0.05) is 49.2 Å². The largest absolute Gasteiger partial charge is 0.444 e. The summed E-state index contributed by atoms with van der Waals surface area (Å²) in [5.41, 5.74) is -3.20. The van der Waals surface area contributed by atoms with Gasteiger partial charge in [0.25, 0.3) is 0 Å². The highest BCUT2D eigenvalue weighted by Crippen LogP contribution is 2.49. The highest BCUT2D eigenvalue weighted by Gasteiger charge is 2.63. The molecule has 0 spiro atoms. The van der Waals surface area contributed by atoms with Crippen LogP contribution in [-0.4, -0.2) is 64.6 Å². The van der Waals surface area contributed by atoms with E-state index in [1.165, 1.54) is 46.1 Å². The first-order valence-electron chi connectivity index (χ1n) is 15.5. The van der Waals surface area contributed by atoms with Gasteiger partial charge in [0.15, 0.2) is 5.54 Å². The Morgan fingerprint density at radius 3 is 2.31 bits per heavy atom. The van der Waals surface area contributed by atoms with Crippen molar-refractivity contribution in [2.24, 2.45) is 5.92 Å². The monoisotopic (exact) mass is 689 g/mol. The van der Waals surface area contributed by atoms with E-state index < -0.39 is 50.9 Å². The first-order valence-corrected chi connectivity index (χ1v) is 16.6. The maximum atomic E-state index is 15.6. The lowest BCUT2D eigenvalue weighted by atomic mass is 9.75. The molecule has 1 aliphatic heterocycles. The minimum Gasteiger partial charge on any atom is -0.444 e. The molecule has 0 radical (unpaired) electrons. The number of piperidine rings is 1. The molecular formula is C33H39F4N7O3S. The number of hydrogen-bond donors (Lipinski definition) is 2. The molecule has 5 rings (SSSR count). The normalized spacial score (nSPS) is 16.8. The van der Waals surface area contributed by atoms with Crippen LogP contribution in [0.2, 0.25) is 0 Å². The van der Waals surface area contributed by atoms with Gasteiger partial charge < -0.3 is 15.0 Å². The van der Waals surface area contributed by atoms with Crippen molar-refractivity contribution in [2.75, 3.05) is 18.4 Å². The summed E-state index contributed by atoms with van der Waals surface area (Å²) in [5.74, 6) is -1.56. The first-order chi connectivity index (χ1) is 22.4. The molecule has 1 fully saturated rings. The molecule has 1 saturated heterocycles. The number of benzene rings is 1. The third-order valence-corrected chi connectivity index (χ3v) is 9.60. The number of pyridine rings is 2. The second-order valence-electron chi connectivity index (χ2n) is 13.7. The van der Waals surface area contributed by atoms with Crippen LogP contribution in [0.4, 0.5) is 33.9 Å². The molecule has 10 nitrogen and oxygen atoms in total. The molecule has 4 aromatic rings. The predicted octanol–water partition coefficient (Wildman–Crippen LogP) is 7.15. The number of likely N-dealkylation sites (tertiary alicyclic amines) is 1. The summed E-state index contributed by atoms with van der Waals surface area (Å²) in [5, 5.41) is 7.42. The van der Waals surface area contributed by atoms with Crippen molar-refractivity contribution in [3.63, 3.8) is 0 Å². The van der Waals surface area contributed by atoms with Crippen LogP contribution in [-0.2, 0) is 21.3 Å². The molecule has 0 aliphatic carbocycles.